The van der Waals surface area contributed by atoms with Crippen LogP contribution in [0.3, 0.4) is 0 Å². The molecule has 0 radical (unpaired) electrons. The molecule has 0 aliphatic carbocycles. The van der Waals surface area contributed by atoms with Crippen LogP contribution in [0.15, 0.2) is 82.6 Å². The highest BCUT2D eigenvalue weighted by atomic mass is 32.2. The fourth-order valence-corrected chi connectivity index (χ4v) is 7.39. The quantitative estimate of drug-likeness (QED) is 0.435. The summed E-state index contributed by atoms with van der Waals surface area (Å²) in [6, 6.07) is 20.9. The zero-order valence-corrected chi connectivity index (χ0v) is 23.7. The smallest absolute Gasteiger partial charge is 0.258 e. The molecule has 11 heteroatoms. The van der Waals surface area contributed by atoms with Gasteiger partial charge in [0.1, 0.15) is 0 Å². The SMILES string of the molecule is CN(C)S(=O)(=O)c1ccc2c(c1)CCN2C(=O)c1ccc(CN2CCN(S(=O)(=O)c3ccccc3)CC2)cc1. The van der Waals surface area contributed by atoms with Gasteiger partial charge in [0, 0.05) is 64.6 Å². The van der Waals surface area contributed by atoms with Gasteiger partial charge >= 0.3 is 0 Å². The van der Waals surface area contributed by atoms with E-state index in [1.807, 2.05) is 24.3 Å². The summed E-state index contributed by atoms with van der Waals surface area (Å²) in [6.45, 7) is 3.28. The number of benzene rings is 3. The number of piperazine rings is 1. The minimum absolute atomic E-state index is 0.122. The molecule has 2 heterocycles. The molecule has 39 heavy (non-hydrogen) atoms. The van der Waals surface area contributed by atoms with E-state index in [0.717, 1.165) is 16.8 Å². The van der Waals surface area contributed by atoms with Crippen LogP contribution in [-0.2, 0) is 33.0 Å². The van der Waals surface area contributed by atoms with Gasteiger partial charge in [-0.05, 0) is 60.0 Å². The molecule has 0 aromatic heterocycles. The lowest BCUT2D eigenvalue weighted by Gasteiger charge is -2.34. The molecule has 0 N–H and O–H groups in total. The van der Waals surface area contributed by atoms with Crippen molar-refractivity contribution in [3.05, 3.63) is 89.5 Å². The van der Waals surface area contributed by atoms with Gasteiger partial charge < -0.3 is 4.90 Å². The van der Waals surface area contributed by atoms with Crippen LogP contribution in [0.2, 0.25) is 0 Å². The average molecular weight is 569 g/mol. The van der Waals surface area contributed by atoms with Crippen molar-refractivity contribution in [2.45, 2.75) is 22.8 Å². The number of nitrogens with zero attached hydrogens (tertiary/aromatic N) is 4. The Balaban J connectivity index is 1.20. The second-order valence-corrected chi connectivity index (χ2v) is 14.1. The molecule has 2 aliphatic heterocycles. The minimum atomic E-state index is -3.54. The summed E-state index contributed by atoms with van der Waals surface area (Å²) in [6.07, 6.45) is 0.599. The maximum Gasteiger partial charge on any atom is 0.258 e. The van der Waals surface area contributed by atoms with Crippen molar-refractivity contribution in [1.82, 2.24) is 13.5 Å². The Labute approximate surface area is 230 Å². The van der Waals surface area contributed by atoms with Crippen LogP contribution >= 0.6 is 0 Å². The molecule has 0 unspecified atom stereocenters. The monoisotopic (exact) mass is 568 g/mol. The lowest BCUT2D eigenvalue weighted by Crippen LogP contribution is -2.48. The fourth-order valence-electron chi connectivity index (χ4n) is 5.00. The number of hydrogen-bond donors (Lipinski definition) is 0. The van der Waals surface area contributed by atoms with Gasteiger partial charge in [0.25, 0.3) is 5.91 Å². The van der Waals surface area contributed by atoms with Crippen molar-refractivity contribution in [3.8, 4) is 0 Å². The van der Waals surface area contributed by atoms with Crippen molar-refractivity contribution < 1.29 is 21.6 Å². The molecule has 5 rings (SSSR count). The molecule has 0 spiro atoms. The van der Waals surface area contributed by atoms with Crippen LogP contribution in [0.25, 0.3) is 0 Å². The van der Waals surface area contributed by atoms with Crippen LogP contribution in [0.5, 0.6) is 0 Å². The number of fused-ring (bicyclic) bond motifs is 1. The van der Waals surface area contributed by atoms with Crippen molar-refractivity contribution in [2.24, 2.45) is 0 Å². The molecule has 0 saturated carbocycles. The van der Waals surface area contributed by atoms with Gasteiger partial charge in [0.15, 0.2) is 0 Å². The molecule has 1 fully saturated rings. The van der Waals surface area contributed by atoms with Crippen molar-refractivity contribution in [2.75, 3.05) is 51.7 Å². The highest BCUT2D eigenvalue weighted by molar-refractivity contribution is 7.89. The predicted octanol–water partition coefficient (Wildman–Crippen LogP) is 2.65. The third kappa shape index (κ3) is 5.50. The van der Waals surface area contributed by atoms with Crippen molar-refractivity contribution in [3.63, 3.8) is 0 Å². The number of sulfonamides is 2. The van der Waals surface area contributed by atoms with Crippen LogP contribution in [0.4, 0.5) is 5.69 Å². The van der Waals surface area contributed by atoms with Crippen molar-refractivity contribution in [1.29, 1.82) is 0 Å². The molecule has 3 aromatic rings. The lowest BCUT2D eigenvalue weighted by molar-refractivity contribution is 0.0989. The Morgan fingerprint density at radius 3 is 2.10 bits per heavy atom. The van der Waals surface area contributed by atoms with E-state index in [0.29, 0.717) is 56.1 Å². The Morgan fingerprint density at radius 2 is 1.46 bits per heavy atom. The van der Waals surface area contributed by atoms with Crippen LogP contribution in [-0.4, -0.2) is 83.1 Å². The van der Waals surface area contributed by atoms with Gasteiger partial charge in [-0.15, -0.1) is 0 Å². The van der Waals surface area contributed by atoms with E-state index in [1.54, 1.807) is 53.4 Å². The predicted molar refractivity (Wildman–Crippen MR) is 150 cm³/mol. The average Bonchev–Trinajstić information content (AvgIpc) is 3.37. The number of anilines is 1. The van der Waals surface area contributed by atoms with E-state index in [-0.39, 0.29) is 10.8 Å². The third-order valence-corrected chi connectivity index (χ3v) is 11.0. The Kier molecular flexibility index (Phi) is 7.62. The van der Waals surface area contributed by atoms with Gasteiger partial charge in [-0.3, -0.25) is 9.69 Å². The minimum Gasteiger partial charge on any atom is -0.308 e. The molecular weight excluding hydrogens is 536 g/mol. The van der Waals surface area contributed by atoms with Crippen LogP contribution in [0, 0.1) is 0 Å². The van der Waals surface area contributed by atoms with E-state index in [4.69, 9.17) is 0 Å². The van der Waals surface area contributed by atoms with Crippen LogP contribution < -0.4 is 4.90 Å². The van der Waals surface area contributed by atoms with E-state index in [9.17, 15) is 21.6 Å². The molecule has 9 nitrogen and oxygen atoms in total. The second-order valence-electron chi connectivity index (χ2n) is 9.97. The second kappa shape index (κ2) is 10.8. The molecular formula is C28H32N4O5S2. The molecule has 1 saturated heterocycles. The van der Waals surface area contributed by atoms with Gasteiger partial charge in [-0.2, -0.15) is 4.31 Å². The highest BCUT2D eigenvalue weighted by Crippen LogP contribution is 2.32. The standard InChI is InChI=1S/C28H32N4O5S2/c1-29(2)38(34,35)26-12-13-27-24(20-26)14-15-32(27)28(33)23-10-8-22(9-11-23)21-30-16-18-31(19-17-30)39(36,37)25-6-4-3-5-7-25/h3-13,20H,14-19,21H2,1-2H3. The molecule has 0 bridgehead atoms. The van der Waals surface area contributed by atoms with E-state index >= 15 is 0 Å². The summed E-state index contributed by atoms with van der Waals surface area (Å²) in [5.41, 5.74) is 3.20. The first-order valence-corrected chi connectivity index (χ1v) is 15.7. The molecule has 2 aliphatic rings. The van der Waals surface area contributed by atoms with Crippen LogP contribution in [0.1, 0.15) is 21.5 Å². The number of amides is 1. The van der Waals surface area contributed by atoms with Gasteiger partial charge in [-0.25, -0.2) is 21.1 Å². The van der Waals surface area contributed by atoms with E-state index in [2.05, 4.69) is 4.90 Å². The third-order valence-electron chi connectivity index (χ3n) is 7.29. The molecule has 0 atom stereocenters. The zero-order chi connectivity index (χ0) is 27.8. The molecule has 1 amide bonds. The molecule has 3 aromatic carbocycles. The van der Waals surface area contributed by atoms with E-state index in [1.165, 1.54) is 22.7 Å². The first-order chi connectivity index (χ1) is 18.6. The Morgan fingerprint density at radius 1 is 0.795 bits per heavy atom. The lowest BCUT2D eigenvalue weighted by atomic mass is 10.1. The summed E-state index contributed by atoms with van der Waals surface area (Å²) < 4.78 is 53.4. The summed E-state index contributed by atoms with van der Waals surface area (Å²) in [7, 11) is -4.02. The Bertz CT molecular complexity index is 1570. The number of rotatable bonds is 7. The largest absolute Gasteiger partial charge is 0.308 e. The number of carbonyl (C=O) groups excluding carboxylic acids is 1. The maximum atomic E-state index is 13.3. The topological polar surface area (TPSA) is 98.3 Å². The number of hydrogen-bond acceptors (Lipinski definition) is 6. The summed E-state index contributed by atoms with van der Waals surface area (Å²) in [5, 5.41) is 0. The maximum absolute atomic E-state index is 13.3. The number of carbonyl (C=O) groups is 1. The normalized spacial score (nSPS) is 16.9. The summed E-state index contributed by atoms with van der Waals surface area (Å²) >= 11 is 0. The van der Waals surface area contributed by atoms with Crippen molar-refractivity contribution >= 4 is 31.6 Å². The van der Waals surface area contributed by atoms with Gasteiger partial charge in [-0.1, -0.05) is 30.3 Å². The summed E-state index contributed by atoms with van der Waals surface area (Å²) in [4.78, 5) is 17.7. The first kappa shape index (κ1) is 27.5. The Hall–Kier alpha value is -3.09. The fraction of sp³-hybridized carbons (Fsp3) is 0.321. The van der Waals surface area contributed by atoms with E-state index < -0.39 is 20.0 Å². The first-order valence-electron chi connectivity index (χ1n) is 12.8. The molecule has 206 valence electrons. The zero-order valence-electron chi connectivity index (χ0n) is 22.0. The summed E-state index contributed by atoms with van der Waals surface area (Å²) in [5.74, 6) is -0.122. The van der Waals surface area contributed by atoms with Gasteiger partial charge in [0.05, 0.1) is 9.79 Å². The van der Waals surface area contributed by atoms with Gasteiger partial charge in [0.2, 0.25) is 20.0 Å². The highest BCUT2D eigenvalue weighted by Gasteiger charge is 2.29.